The summed E-state index contributed by atoms with van der Waals surface area (Å²) in [7, 11) is -1.23. The Morgan fingerprint density at radius 2 is 1.96 bits per heavy atom. The number of aryl methyl sites for hydroxylation is 1. The van der Waals surface area contributed by atoms with E-state index >= 15 is 0 Å². The zero-order valence-electron chi connectivity index (χ0n) is 14.9. The van der Waals surface area contributed by atoms with Gasteiger partial charge in [-0.25, -0.2) is 18.1 Å². The van der Waals surface area contributed by atoms with E-state index in [4.69, 9.17) is 4.74 Å². The Bertz CT molecular complexity index is 634. The summed E-state index contributed by atoms with van der Waals surface area (Å²) in [6, 6.07) is 0.0323. The minimum absolute atomic E-state index is 0.0323. The Hall–Kier alpha value is -1.16. The average molecular weight is 372 g/mol. The molecule has 0 amide bonds. The Kier molecular flexibility index (Phi) is 6.32. The third kappa shape index (κ3) is 5.40. The predicted octanol–water partition coefficient (Wildman–Crippen LogP) is 0.0306. The topological polar surface area (TPSA) is 79.7 Å². The number of morpholine rings is 1. The van der Waals surface area contributed by atoms with Gasteiger partial charge in [-0.3, -0.25) is 4.90 Å². The molecule has 0 unspecified atom stereocenters. The lowest BCUT2D eigenvalue weighted by Crippen LogP contribution is -2.46. The minimum Gasteiger partial charge on any atom is -0.379 e. The highest BCUT2D eigenvalue weighted by atomic mass is 32.2. The summed E-state index contributed by atoms with van der Waals surface area (Å²) in [5.41, 5.74) is 0. The Balaban J connectivity index is 1.39. The first-order valence-electron chi connectivity index (χ1n) is 9.06. The second-order valence-electron chi connectivity index (χ2n) is 6.84. The molecule has 8 nitrogen and oxygen atoms in total. The molecular weight excluding hydrogens is 342 g/mol. The van der Waals surface area contributed by atoms with Gasteiger partial charge in [0.15, 0.2) is 0 Å². The molecule has 0 atom stereocenters. The first kappa shape index (κ1) is 18.6. The van der Waals surface area contributed by atoms with E-state index in [1.165, 1.54) is 0 Å². The standard InChI is InChI=1S/C16H29N5O3S/c1-19-9-5-17-16(19)21-7-3-15(4-8-21)18-25(22,23)14-2-6-20-10-12-24-13-11-20/h5,9,15,18H,2-4,6-8,10-14H2,1H3. The maximum Gasteiger partial charge on any atom is 0.211 e. The smallest absolute Gasteiger partial charge is 0.211 e. The summed E-state index contributed by atoms with van der Waals surface area (Å²) in [4.78, 5) is 8.84. The van der Waals surface area contributed by atoms with Crippen molar-refractivity contribution in [1.82, 2.24) is 19.2 Å². The summed E-state index contributed by atoms with van der Waals surface area (Å²) in [5, 5.41) is 0. The molecule has 2 fully saturated rings. The molecule has 0 spiro atoms. The van der Waals surface area contributed by atoms with E-state index in [1.807, 2.05) is 17.8 Å². The number of hydrogen-bond donors (Lipinski definition) is 1. The van der Waals surface area contributed by atoms with Crippen LogP contribution in [-0.4, -0.2) is 80.6 Å². The molecule has 142 valence electrons. The van der Waals surface area contributed by atoms with Crippen molar-refractivity contribution in [2.75, 3.05) is 56.6 Å². The van der Waals surface area contributed by atoms with Gasteiger partial charge in [-0.1, -0.05) is 0 Å². The van der Waals surface area contributed by atoms with Crippen LogP contribution in [0.2, 0.25) is 0 Å². The third-order valence-corrected chi connectivity index (χ3v) is 6.43. The van der Waals surface area contributed by atoms with Crippen molar-refractivity contribution in [3.63, 3.8) is 0 Å². The molecule has 1 aromatic heterocycles. The minimum atomic E-state index is -3.21. The van der Waals surface area contributed by atoms with Crippen LogP contribution < -0.4 is 9.62 Å². The van der Waals surface area contributed by atoms with E-state index in [-0.39, 0.29) is 11.8 Å². The van der Waals surface area contributed by atoms with Gasteiger partial charge in [-0.15, -0.1) is 0 Å². The van der Waals surface area contributed by atoms with Crippen molar-refractivity contribution >= 4 is 16.0 Å². The number of imidazole rings is 1. The lowest BCUT2D eigenvalue weighted by atomic mass is 10.1. The van der Waals surface area contributed by atoms with Crippen LogP contribution >= 0.6 is 0 Å². The molecule has 2 saturated heterocycles. The maximum atomic E-state index is 12.3. The van der Waals surface area contributed by atoms with E-state index in [0.717, 1.165) is 64.7 Å². The van der Waals surface area contributed by atoms with E-state index in [9.17, 15) is 8.42 Å². The Labute approximate surface area is 150 Å². The molecule has 1 aromatic rings. The zero-order chi connectivity index (χ0) is 17.7. The van der Waals surface area contributed by atoms with Crippen LogP contribution in [0.3, 0.4) is 0 Å². The molecule has 9 heteroatoms. The van der Waals surface area contributed by atoms with Gasteiger partial charge >= 0.3 is 0 Å². The first-order valence-corrected chi connectivity index (χ1v) is 10.7. The molecule has 1 N–H and O–H groups in total. The second-order valence-corrected chi connectivity index (χ2v) is 8.72. The van der Waals surface area contributed by atoms with Gasteiger partial charge in [0.05, 0.1) is 19.0 Å². The van der Waals surface area contributed by atoms with Gasteiger partial charge in [0, 0.05) is 51.7 Å². The molecule has 2 aliphatic heterocycles. The van der Waals surface area contributed by atoms with Crippen LogP contribution in [0, 0.1) is 0 Å². The number of aromatic nitrogens is 2. The summed E-state index contributed by atoms with van der Waals surface area (Å²) in [6.07, 6.45) is 6.02. The van der Waals surface area contributed by atoms with Crippen LogP contribution in [0.4, 0.5) is 5.95 Å². The number of nitrogens with zero attached hydrogens (tertiary/aromatic N) is 4. The van der Waals surface area contributed by atoms with Gasteiger partial charge in [-0.2, -0.15) is 0 Å². The van der Waals surface area contributed by atoms with Gasteiger partial charge in [0.2, 0.25) is 16.0 Å². The second kappa shape index (κ2) is 8.48. The van der Waals surface area contributed by atoms with Crippen molar-refractivity contribution in [3.8, 4) is 0 Å². The Morgan fingerprint density at radius 3 is 2.60 bits per heavy atom. The molecule has 0 radical (unpaired) electrons. The van der Waals surface area contributed by atoms with Gasteiger partial charge in [0.25, 0.3) is 0 Å². The molecule has 0 bridgehead atoms. The van der Waals surface area contributed by atoms with Gasteiger partial charge in [-0.05, 0) is 25.8 Å². The third-order valence-electron chi connectivity index (χ3n) is 4.91. The van der Waals surface area contributed by atoms with Crippen molar-refractivity contribution in [1.29, 1.82) is 0 Å². The summed E-state index contributed by atoms with van der Waals surface area (Å²) < 4.78 is 34.8. The van der Waals surface area contributed by atoms with Gasteiger partial charge in [0.1, 0.15) is 0 Å². The lowest BCUT2D eigenvalue weighted by molar-refractivity contribution is 0.0381. The molecular formula is C16H29N5O3S. The first-order chi connectivity index (χ1) is 12.0. The SMILES string of the molecule is Cn1ccnc1N1CCC(NS(=O)(=O)CCCN2CCOCC2)CC1. The number of nitrogens with one attached hydrogen (secondary N) is 1. The quantitative estimate of drug-likeness (QED) is 0.729. The normalized spacial score (nSPS) is 20.9. The fraction of sp³-hybridized carbons (Fsp3) is 0.812. The number of sulfonamides is 1. The number of rotatable bonds is 7. The monoisotopic (exact) mass is 371 g/mol. The van der Waals surface area contributed by atoms with E-state index in [2.05, 4.69) is 19.5 Å². The lowest BCUT2D eigenvalue weighted by Gasteiger charge is -2.33. The molecule has 25 heavy (non-hydrogen) atoms. The van der Waals surface area contributed by atoms with Gasteiger partial charge < -0.3 is 14.2 Å². The van der Waals surface area contributed by atoms with E-state index in [1.54, 1.807) is 6.20 Å². The fourth-order valence-electron chi connectivity index (χ4n) is 3.48. The summed E-state index contributed by atoms with van der Waals surface area (Å²) >= 11 is 0. The van der Waals surface area contributed by atoms with Crippen molar-refractivity contribution in [2.45, 2.75) is 25.3 Å². The van der Waals surface area contributed by atoms with Crippen LogP contribution in [0.5, 0.6) is 0 Å². The molecule has 3 heterocycles. The predicted molar refractivity (Wildman–Crippen MR) is 97.2 cm³/mol. The average Bonchev–Trinajstić information content (AvgIpc) is 3.02. The summed E-state index contributed by atoms with van der Waals surface area (Å²) in [6.45, 7) is 5.77. The zero-order valence-corrected chi connectivity index (χ0v) is 15.7. The van der Waals surface area contributed by atoms with Crippen LogP contribution in [0.25, 0.3) is 0 Å². The highest BCUT2D eigenvalue weighted by molar-refractivity contribution is 7.89. The molecule has 0 aliphatic carbocycles. The number of anilines is 1. The molecule has 0 saturated carbocycles. The Morgan fingerprint density at radius 1 is 1.24 bits per heavy atom. The van der Waals surface area contributed by atoms with Crippen molar-refractivity contribution in [3.05, 3.63) is 12.4 Å². The van der Waals surface area contributed by atoms with E-state index in [0.29, 0.717) is 6.42 Å². The highest BCUT2D eigenvalue weighted by Crippen LogP contribution is 2.18. The van der Waals surface area contributed by atoms with Crippen molar-refractivity contribution < 1.29 is 13.2 Å². The molecule has 2 aliphatic rings. The number of hydrogen-bond acceptors (Lipinski definition) is 6. The van der Waals surface area contributed by atoms with Crippen molar-refractivity contribution in [2.24, 2.45) is 7.05 Å². The van der Waals surface area contributed by atoms with Crippen LogP contribution in [0.1, 0.15) is 19.3 Å². The summed E-state index contributed by atoms with van der Waals surface area (Å²) in [5.74, 6) is 1.15. The molecule has 0 aromatic carbocycles. The molecule has 3 rings (SSSR count). The van der Waals surface area contributed by atoms with Crippen LogP contribution in [-0.2, 0) is 21.8 Å². The number of piperidine rings is 1. The highest BCUT2D eigenvalue weighted by Gasteiger charge is 2.25. The fourth-order valence-corrected chi connectivity index (χ4v) is 4.85. The maximum absolute atomic E-state index is 12.3. The largest absolute Gasteiger partial charge is 0.379 e. The number of ether oxygens (including phenoxy) is 1. The van der Waals surface area contributed by atoms with E-state index < -0.39 is 10.0 Å². The van der Waals surface area contributed by atoms with Crippen LogP contribution in [0.15, 0.2) is 12.4 Å².